The minimum absolute atomic E-state index is 0.160. The van der Waals surface area contributed by atoms with Gasteiger partial charge >= 0.3 is 5.97 Å². The van der Waals surface area contributed by atoms with E-state index in [1.807, 2.05) is 0 Å². The maximum Gasteiger partial charge on any atom is 0.341 e. The van der Waals surface area contributed by atoms with E-state index >= 15 is 0 Å². The fraction of sp³-hybridized carbons (Fsp3) is 0.400. The number of aliphatic carboxylic acids is 1. The lowest BCUT2D eigenvalue weighted by Crippen LogP contribution is -2.65. The van der Waals surface area contributed by atoms with Crippen molar-refractivity contribution in [3.05, 3.63) is 35.9 Å². The first-order valence-corrected chi connectivity index (χ1v) is 8.75. The van der Waals surface area contributed by atoms with E-state index in [0.29, 0.717) is 0 Å². The smallest absolute Gasteiger partial charge is 0.341 e. The van der Waals surface area contributed by atoms with Crippen molar-refractivity contribution in [2.24, 2.45) is 5.92 Å². The van der Waals surface area contributed by atoms with E-state index in [1.165, 1.54) is 38.1 Å². The summed E-state index contributed by atoms with van der Waals surface area (Å²) in [7, 11) is -4.04. The van der Waals surface area contributed by atoms with E-state index in [9.17, 15) is 32.5 Å². The number of rotatable bonds is 8. The Morgan fingerprint density at radius 3 is 2.08 bits per heavy atom. The summed E-state index contributed by atoms with van der Waals surface area (Å²) >= 11 is 0. The maximum absolute atomic E-state index is 12.9. The molecule has 1 rings (SSSR count). The van der Waals surface area contributed by atoms with Crippen LogP contribution in [0.5, 0.6) is 0 Å². The number of hydrogen-bond donors (Lipinski definition) is 2. The summed E-state index contributed by atoms with van der Waals surface area (Å²) in [5, 5.41) is 9.88. The van der Waals surface area contributed by atoms with Gasteiger partial charge in [-0.25, -0.2) is 4.79 Å². The minimum Gasteiger partial charge on any atom is -0.479 e. The third-order valence-electron chi connectivity index (χ3n) is 3.38. The highest BCUT2D eigenvalue weighted by atomic mass is 32.2. The van der Waals surface area contributed by atoms with Crippen LogP contribution in [0, 0.1) is 5.92 Å². The average Bonchev–Trinajstić information content (AvgIpc) is 2.52. The summed E-state index contributed by atoms with van der Waals surface area (Å²) in [6, 6.07) is 6.97. The molecule has 0 aliphatic rings. The van der Waals surface area contributed by atoms with E-state index in [2.05, 4.69) is 0 Å². The van der Waals surface area contributed by atoms with Gasteiger partial charge in [0.15, 0.2) is 0 Å². The van der Waals surface area contributed by atoms with E-state index in [-0.39, 0.29) is 10.6 Å². The summed E-state index contributed by atoms with van der Waals surface area (Å²) in [5.74, 6) is -6.46. The van der Waals surface area contributed by atoms with Crippen LogP contribution in [-0.4, -0.2) is 59.2 Å². The highest BCUT2D eigenvalue weighted by molar-refractivity contribution is 7.85. The quantitative estimate of drug-likeness (QED) is 0.293. The van der Waals surface area contributed by atoms with Crippen molar-refractivity contribution in [3.8, 4) is 0 Å². The van der Waals surface area contributed by atoms with Crippen molar-refractivity contribution in [2.75, 3.05) is 12.9 Å². The normalized spacial score (nSPS) is 14.0. The minimum atomic E-state index is -4.97. The van der Waals surface area contributed by atoms with Crippen LogP contribution in [0.4, 0.5) is 0 Å². The molecular weight excluding hydrogens is 354 g/mol. The summed E-state index contributed by atoms with van der Waals surface area (Å²) in [6.07, 6.45) is 0. The zero-order valence-corrected chi connectivity index (χ0v) is 14.7. The number of carboxylic acid groups (broad SMARTS) is 1. The Kier molecular flexibility index (Phi) is 6.41. The fourth-order valence-electron chi connectivity index (χ4n) is 2.22. The predicted molar refractivity (Wildman–Crippen MR) is 86.2 cm³/mol. The van der Waals surface area contributed by atoms with Crippen LogP contribution in [0.25, 0.3) is 0 Å². The Labute approximate surface area is 144 Å². The Morgan fingerprint density at radius 1 is 1.20 bits per heavy atom. The van der Waals surface area contributed by atoms with E-state index in [0.717, 1.165) is 7.11 Å². The summed E-state index contributed by atoms with van der Waals surface area (Å²) in [6.45, 7) is 2.84. The molecule has 0 heterocycles. The molecule has 2 N–H and O–H groups in total. The van der Waals surface area contributed by atoms with Crippen LogP contribution < -0.4 is 0 Å². The first-order valence-electron chi connectivity index (χ1n) is 7.14. The molecule has 1 amide bonds. The van der Waals surface area contributed by atoms with Gasteiger partial charge in [-0.05, 0) is 0 Å². The van der Waals surface area contributed by atoms with Crippen molar-refractivity contribution in [1.29, 1.82) is 0 Å². The number of hydroxylamine groups is 2. The van der Waals surface area contributed by atoms with Gasteiger partial charge in [0.2, 0.25) is 17.2 Å². The molecule has 9 nitrogen and oxygen atoms in total. The van der Waals surface area contributed by atoms with Gasteiger partial charge in [0.1, 0.15) is 5.75 Å². The van der Waals surface area contributed by atoms with Gasteiger partial charge < -0.3 is 5.11 Å². The summed E-state index contributed by atoms with van der Waals surface area (Å²) < 4.78 is 32.1. The molecule has 1 aromatic carbocycles. The Bertz CT molecular complexity index is 759. The third kappa shape index (κ3) is 4.41. The number of Topliss-reactive ketones (excluding diaryl/α,β-unsaturated/α-hetero) is 1. The first-order chi connectivity index (χ1) is 11.5. The Hall–Kier alpha value is -2.30. The number of carbonyl (C=O) groups excluding carboxylic acids is 2. The lowest BCUT2D eigenvalue weighted by atomic mass is 9.89. The van der Waals surface area contributed by atoms with Crippen LogP contribution >= 0.6 is 0 Å². The van der Waals surface area contributed by atoms with Crippen molar-refractivity contribution >= 4 is 27.8 Å². The first kappa shape index (κ1) is 20.7. The van der Waals surface area contributed by atoms with Crippen LogP contribution in [-0.2, 0) is 24.5 Å². The standard InChI is InChI=1S/C15H19NO8S/c1-10(2)13(18)16(24-3)15(14(19)20,9-25(21,22)23)12(17)11-7-5-4-6-8-11/h4-8,10H,9H2,1-3H3,(H,19,20)(H,21,22,23)/t15-/m1/s1. The SMILES string of the molecule is CON(C(=O)C(C)C)[C@@](CS(=O)(=O)O)(C(=O)O)C(=O)c1ccccc1. The number of benzene rings is 1. The van der Waals surface area contributed by atoms with Crippen LogP contribution in [0.3, 0.4) is 0 Å². The molecule has 0 fully saturated rings. The maximum atomic E-state index is 12.9. The lowest BCUT2D eigenvalue weighted by Gasteiger charge is -2.37. The van der Waals surface area contributed by atoms with Gasteiger partial charge in [-0.2, -0.15) is 13.5 Å². The van der Waals surface area contributed by atoms with Crippen LogP contribution in [0.15, 0.2) is 30.3 Å². The summed E-state index contributed by atoms with van der Waals surface area (Å²) in [4.78, 5) is 42.0. The van der Waals surface area contributed by atoms with E-state index in [4.69, 9.17) is 4.84 Å². The van der Waals surface area contributed by atoms with Crippen molar-refractivity contribution in [2.45, 2.75) is 19.4 Å². The molecule has 0 aliphatic heterocycles. The number of carboxylic acids is 1. The number of carbonyl (C=O) groups is 3. The molecule has 25 heavy (non-hydrogen) atoms. The molecule has 0 radical (unpaired) electrons. The van der Waals surface area contributed by atoms with E-state index in [1.54, 1.807) is 6.07 Å². The zero-order valence-electron chi connectivity index (χ0n) is 13.9. The second-order valence-electron chi connectivity index (χ2n) is 5.56. The Morgan fingerprint density at radius 2 is 1.72 bits per heavy atom. The molecule has 0 spiro atoms. The number of nitrogens with zero attached hydrogens (tertiary/aromatic N) is 1. The second kappa shape index (κ2) is 7.72. The number of ketones is 1. The van der Waals surface area contributed by atoms with Gasteiger partial charge in [0, 0.05) is 11.5 Å². The number of amides is 1. The molecule has 0 aromatic heterocycles. The lowest BCUT2D eigenvalue weighted by molar-refractivity contribution is -0.208. The zero-order chi connectivity index (χ0) is 19.4. The summed E-state index contributed by atoms with van der Waals surface area (Å²) in [5.41, 5.74) is -3.14. The largest absolute Gasteiger partial charge is 0.479 e. The molecule has 0 saturated carbocycles. The van der Waals surface area contributed by atoms with Gasteiger partial charge in [-0.15, -0.1) is 0 Å². The molecule has 1 aromatic rings. The molecule has 10 heteroatoms. The highest BCUT2D eigenvalue weighted by Gasteiger charge is 2.57. The molecule has 138 valence electrons. The van der Waals surface area contributed by atoms with Crippen LogP contribution in [0.2, 0.25) is 0 Å². The highest BCUT2D eigenvalue weighted by Crippen LogP contribution is 2.26. The molecule has 0 aliphatic carbocycles. The van der Waals surface area contributed by atoms with Crippen molar-refractivity contribution in [3.63, 3.8) is 0 Å². The molecule has 0 bridgehead atoms. The third-order valence-corrected chi connectivity index (χ3v) is 4.16. The van der Waals surface area contributed by atoms with Gasteiger partial charge in [-0.3, -0.25) is 19.0 Å². The molecule has 0 unspecified atom stereocenters. The van der Waals surface area contributed by atoms with Crippen molar-refractivity contribution < 1.29 is 37.3 Å². The average molecular weight is 373 g/mol. The fourth-order valence-corrected chi connectivity index (χ4v) is 3.12. The van der Waals surface area contributed by atoms with Gasteiger partial charge in [0.25, 0.3) is 10.1 Å². The van der Waals surface area contributed by atoms with Crippen molar-refractivity contribution in [1.82, 2.24) is 5.06 Å². The van der Waals surface area contributed by atoms with E-state index < -0.39 is 45.0 Å². The molecular formula is C15H19NO8S. The molecule has 1 atom stereocenters. The van der Waals surface area contributed by atoms with Gasteiger partial charge in [0.05, 0.1) is 7.11 Å². The monoisotopic (exact) mass is 373 g/mol. The molecule has 0 saturated heterocycles. The van der Waals surface area contributed by atoms with Crippen LogP contribution in [0.1, 0.15) is 24.2 Å². The Balaban J connectivity index is 3.71. The second-order valence-corrected chi connectivity index (χ2v) is 7.01. The van der Waals surface area contributed by atoms with Gasteiger partial charge in [-0.1, -0.05) is 44.2 Å². The predicted octanol–water partition coefficient (Wildman–Crippen LogP) is 0.627. The topological polar surface area (TPSA) is 138 Å². The number of hydrogen-bond acceptors (Lipinski definition) is 6.